The molecule has 148 valence electrons. The van der Waals surface area contributed by atoms with E-state index in [0.717, 1.165) is 32.5 Å². The predicted octanol–water partition coefficient (Wildman–Crippen LogP) is 1.71. The third kappa shape index (κ3) is 6.38. The average molecular weight is 396 g/mol. The molecule has 2 fully saturated rings. The third-order valence-electron chi connectivity index (χ3n) is 5.28. The van der Waals surface area contributed by atoms with Gasteiger partial charge in [-0.2, -0.15) is 0 Å². The number of nitrogens with zero attached hydrogens (tertiary/aromatic N) is 2. The predicted molar refractivity (Wildman–Crippen MR) is 103 cm³/mol. The van der Waals surface area contributed by atoms with Gasteiger partial charge < -0.3 is 10.2 Å². The van der Waals surface area contributed by atoms with Crippen LogP contribution >= 0.6 is 12.4 Å². The SMILES string of the molecule is CCCCS(=O)(=O)N1CCC(C(=O)N2CCCC(CNC)C2)CC1.Cl. The molecule has 2 heterocycles. The van der Waals surface area contributed by atoms with Gasteiger partial charge in [0.15, 0.2) is 0 Å². The fraction of sp³-hybridized carbons (Fsp3) is 0.941. The van der Waals surface area contributed by atoms with Crippen molar-refractivity contribution in [2.75, 3.05) is 45.5 Å². The lowest BCUT2D eigenvalue weighted by Gasteiger charge is -2.37. The zero-order valence-corrected chi connectivity index (χ0v) is 17.2. The van der Waals surface area contributed by atoms with Crippen LogP contribution in [0.5, 0.6) is 0 Å². The molecule has 0 aliphatic carbocycles. The van der Waals surface area contributed by atoms with Gasteiger partial charge >= 0.3 is 0 Å². The highest BCUT2D eigenvalue weighted by atomic mass is 35.5. The van der Waals surface area contributed by atoms with Crippen LogP contribution in [0.2, 0.25) is 0 Å². The van der Waals surface area contributed by atoms with Crippen LogP contribution in [0.25, 0.3) is 0 Å². The molecule has 0 aromatic rings. The van der Waals surface area contributed by atoms with Crippen molar-refractivity contribution in [1.82, 2.24) is 14.5 Å². The molecule has 2 aliphatic heterocycles. The molecule has 0 bridgehead atoms. The highest BCUT2D eigenvalue weighted by Gasteiger charge is 2.34. The lowest BCUT2D eigenvalue weighted by Crippen LogP contribution is -2.48. The minimum absolute atomic E-state index is 0. The second-order valence-electron chi connectivity index (χ2n) is 7.19. The Morgan fingerprint density at radius 3 is 2.44 bits per heavy atom. The molecule has 6 nitrogen and oxygen atoms in total. The van der Waals surface area contributed by atoms with E-state index in [1.54, 1.807) is 4.31 Å². The number of amides is 1. The van der Waals surface area contributed by atoms with Crippen molar-refractivity contribution < 1.29 is 13.2 Å². The summed E-state index contributed by atoms with van der Waals surface area (Å²) >= 11 is 0. The zero-order valence-electron chi connectivity index (χ0n) is 15.6. The highest BCUT2D eigenvalue weighted by molar-refractivity contribution is 7.89. The lowest BCUT2D eigenvalue weighted by molar-refractivity contribution is -0.138. The molecule has 0 saturated carbocycles. The molecule has 0 radical (unpaired) electrons. The molecule has 0 aromatic carbocycles. The number of hydrogen-bond acceptors (Lipinski definition) is 4. The smallest absolute Gasteiger partial charge is 0.225 e. The lowest BCUT2D eigenvalue weighted by atomic mass is 9.93. The van der Waals surface area contributed by atoms with Crippen molar-refractivity contribution in [3.8, 4) is 0 Å². The Hall–Kier alpha value is -0.370. The third-order valence-corrected chi connectivity index (χ3v) is 7.23. The Kier molecular flexibility index (Phi) is 9.70. The van der Waals surface area contributed by atoms with Gasteiger partial charge in [-0.1, -0.05) is 13.3 Å². The highest BCUT2D eigenvalue weighted by Crippen LogP contribution is 2.25. The van der Waals surface area contributed by atoms with Crippen molar-refractivity contribution in [1.29, 1.82) is 0 Å². The molecule has 25 heavy (non-hydrogen) atoms. The van der Waals surface area contributed by atoms with Crippen LogP contribution in [-0.4, -0.2) is 69.1 Å². The van der Waals surface area contributed by atoms with E-state index in [2.05, 4.69) is 5.32 Å². The van der Waals surface area contributed by atoms with Gasteiger partial charge in [0.25, 0.3) is 0 Å². The van der Waals surface area contributed by atoms with Crippen LogP contribution in [0.15, 0.2) is 0 Å². The van der Waals surface area contributed by atoms with Crippen LogP contribution < -0.4 is 5.32 Å². The van der Waals surface area contributed by atoms with Gasteiger partial charge in [0.05, 0.1) is 5.75 Å². The summed E-state index contributed by atoms with van der Waals surface area (Å²) in [6.07, 6.45) is 5.18. The topological polar surface area (TPSA) is 69.7 Å². The van der Waals surface area contributed by atoms with Crippen molar-refractivity contribution in [3.63, 3.8) is 0 Å². The molecule has 0 aromatic heterocycles. The number of halogens is 1. The Bertz CT molecular complexity index is 505. The molecular weight excluding hydrogens is 362 g/mol. The first kappa shape index (κ1) is 22.7. The van der Waals surface area contributed by atoms with E-state index in [4.69, 9.17) is 0 Å². The average Bonchev–Trinajstić information content (AvgIpc) is 2.60. The molecule has 1 atom stereocenters. The van der Waals surface area contributed by atoms with E-state index < -0.39 is 10.0 Å². The first-order valence-electron chi connectivity index (χ1n) is 9.39. The fourth-order valence-corrected chi connectivity index (χ4v) is 5.49. The summed E-state index contributed by atoms with van der Waals surface area (Å²) in [5, 5.41) is 3.20. The molecule has 8 heteroatoms. The van der Waals surface area contributed by atoms with Crippen molar-refractivity contribution in [2.24, 2.45) is 11.8 Å². The summed E-state index contributed by atoms with van der Waals surface area (Å²) in [4.78, 5) is 14.8. The van der Waals surface area contributed by atoms with Gasteiger partial charge in [-0.05, 0) is 51.6 Å². The standard InChI is InChI=1S/C17H33N3O3S.ClH/c1-3-4-12-24(22,23)20-10-7-16(8-11-20)17(21)19-9-5-6-15(14-19)13-18-2;/h15-16,18H,3-14H2,1-2H3;1H. The van der Waals surface area contributed by atoms with Crippen LogP contribution in [0.4, 0.5) is 0 Å². The Labute approximate surface area is 159 Å². The van der Waals surface area contributed by atoms with Crippen LogP contribution in [0.3, 0.4) is 0 Å². The molecule has 0 spiro atoms. The number of hydrogen-bond donors (Lipinski definition) is 1. The van der Waals surface area contributed by atoms with Gasteiger partial charge in [-0.15, -0.1) is 12.4 Å². The quantitative estimate of drug-likeness (QED) is 0.712. The van der Waals surface area contributed by atoms with Crippen LogP contribution in [0, 0.1) is 11.8 Å². The Morgan fingerprint density at radius 1 is 1.16 bits per heavy atom. The van der Waals surface area contributed by atoms with Gasteiger partial charge in [0.1, 0.15) is 0 Å². The second-order valence-corrected chi connectivity index (χ2v) is 9.28. The molecule has 2 aliphatic rings. The van der Waals surface area contributed by atoms with Gasteiger partial charge in [0.2, 0.25) is 15.9 Å². The van der Waals surface area contributed by atoms with Crippen molar-refractivity contribution in [2.45, 2.75) is 45.4 Å². The molecule has 2 rings (SSSR count). The van der Waals surface area contributed by atoms with Gasteiger partial charge in [-0.3, -0.25) is 4.79 Å². The minimum Gasteiger partial charge on any atom is -0.342 e. The molecule has 1 unspecified atom stereocenters. The first-order valence-corrected chi connectivity index (χ1v) is 11.0. The number of unbranched alkanes of at least 4 members (excludes halogenated alkanes) is 1. The monoisotopic (exact) mass is 395 g/mol. The summed E-state index contributed by atoms with van der Waals surface area (Å²) in [5.74, 6) is 1.01. The Morgan fingerprint density at radius 2 is 1.84 bits per heavy atom. The summed E-state index contributed by atoms with van der Waals surface area (Å²) in [6, 6.07) is 0. The van der Waals surface area contributed by atoms with E-state index in [1.807, 2.05) is 18.9 Å². The Balaban J connectivity index is 0.00000312. The number of piperidine rings is 2. The number of carbonyl (C=O) groups is 1. The summed E-state index contributed by atoms with van der Waals surface area (Å²) < 4.78 is 26.1. The molecule has 2 saturated heterocycles. The van der Waals surface area contributed by atoms with Crippen LogP contribution in [-0.2, 0) is 14.8 Å². The van der Waals surface area contributed by atoms with Gasteiger partial charge in [0, 0.05) is 32.1 Å². The maximum Gasteiger partial charge on any atom is 0.225 e. The summed E-state index contributed by atoms with van der Waals surface area (Å²) in [5.41, 5.74) is 0. The van der Waals surface area contributed by atoms with Crippen LogP contribution in [0.1, 0.15) is 45.4 Å². The van der Waals surface area contributed by atoms with Crippen molar-refractivity contribution in [3.05, 3.63) is 0 Å². The molecular formula is C17H34ClN3O3S. The van der Waals surface area contributed by atoms with E-state index in [-0.39, 0.29) is 30.0 Å². The van der Waals surface area contributed by atoms with E-state index in [1.165, 1.54) is 6.42 Å². The summed E-state index contributed by atoms with van der Waals surface area (Å²) in [6.45, 7) is 5.65. The molecule has 1 amide bonds. The maximum atomic E-state index is 12.8. The first-order chi connectivity index (χ1) is 11.5. The largest absolute Gasteiger partial charge is 0.342 e. The normalized spacial score (nSPS) is 23.3. The number of likely N-dealkylation sites (tertiary alicyclic amines) is 1. The summed E-state index contributed by atoms with van der Waals surface area (Å²) in [7, 11) is -1.18. The number of nitrogens with one attached hydrogen (secondary N) is 1. The maximum absolute atomic E-state index is 12.8. The molecule has 1 N–H and O–H groups in total. The number of rotatable bonds is 7. The van der Waals surface area contributed by atoms with E-state index >= 15 is 0 Å². The number of carbonyl (C=O) groups excluding carboxylic acids is 1. The van der Waals surface area contributed by atoms with Gasteiger partial charge in [-0.25, -0.2) is 12.7 Å². The zero-order chi connectivity index (χ0) is 17.6. The minimum atomic E-state index is -3.14. The second kappa shape index (κ2) is 10.7. The fourth-order valence-electron chi connectivity index (χ4n) is 3.82. The van der Waals surface area contributed by atoms with Crippen molar-refractivity contribution >= 4 is 28.3 Å². The number of sulfonamides is 1. The van der Waals surface area contributed by atoms with E-state index in [0.29, 0.717) is 38.3 Å². The van der Waals surface area contributed by atoms with E-state index in [9.17, 15) is 13.2 Å².